The summed E-state index contributed by atoms with van der Waals surface area (Å²) in [5.74, 6) is 0.138. The molecule has 0 bridgehead atoms. The molecular formula is C29H33NO6. The molecule has 7 nitrogen and oxygen atoms in total. The zero-order chi connectivity index (χ0) is 25.7. The smallest absolute Gasteiger partial charge is 0.336 e. The molecule has 4 rings (SSSR count). The molecule has 0 spiro atoms. The molecule has 1 aliphatic heterocycles. The van der Waals surface area contributed by atoms with E-state index in [2.05, 4.69) is 17.4 Å². The summed E-state index contributed by atoms with van der Waals surface area (Å²) in [6, 6.07) is 15.5. The molecule has 1 N–H and O–H groups in total. The van der Waals surface area contributed by atoms with E-state index >= 15 is 0 Å². The summed E-state index contributed by atoms with van der Waals surface area (Å²) in [5.41, 5.74) is 4.34. The molecule has 2 unspecified atom stereocenters. The first kappa shape index (κ1) is 25.5. The highest BCUT2D eigenvalue weighted by Crippen LogP contribution is 2.48. The lowest BCUT2D eigenvalue weighted by molar-refractivity contribution is -0.140. The van der Waals surface area contributed by atoms with Gasteiger partial charge in [0.2, 0.25) is 0 Å². The van der Waals surface area contributed by atoms with Crippen molar-refractivity contribution in [2.45, 2.75) is 38.5 Å². The van der Waals surface area contributed by atoms with Gasteiger partial charge in [0, 0.05) is 41.6 Å². The van der Waals surface area contributed by atoms with Crippen molar-refractivity contribution in [3.8, 4) is 11.5 Å². The van der Waals surface area contributed by atoms with Crippen LogP contribution in [0.15, 0.2) is 71.1 Å². The molecule has 36 heavy (non-hydrogen) atoms. The highest BCUT2D eigenvalue weighted by molar-refractivity contribution is 6.04. The fourth-order valence-electron chi connectivity index (χ4n) is 5.05. The Morgan fingerprint density at radius 2 is 1.81 bits per heavy atom. The van der Waals surface area contributed by atoms with Crippen LogP contribution in [0.2, 0.25) is 0 Å². The van der Waals surface area contributed by atoms with Crippen molar-refractivity contribution in [1.29, 1.82) is 0 Å². The van der Waals surface area contributed by atoms with Crippen LogP contribution in [0, 0.1) is 0 Å². The number of allylic oxidation sites excluding steroid dienone is 3. The summed E-state index contributed by atoms with van der Waals surface area (Å²) >= 11 is 0. The van der Waals surface area contributed by atoms with Gasteiger partial charge in [-0.05, 0) is 37.8 Å². The van der Waals surface area contributed by atoms with Crippen LogP contribution < -0.4 is 14.8 Å². The lowest BCUT2D eigenvalue weighted by Gasteiger charge is -2.37. The van der Waals surface area contributed by atoms with Gasteiger partial charge in [0.05, 0.1) is 32.3 Å². The van der Waals surface area contributed by atoms with Gasteiger partial charge in [0.25, 0.3) is 0 Å². The third kappa shape index (κ3) is 5.16. The van der Waals surface area contributed by atoms with Crippen LogP contribution in [0.3, 0.4) is 0 Å². The van der Waals surface area contributed by atoms with E-state index in [4.69, 9.17) is 18.9 Å². The van der Waals surface area contributed by atoms with Crippen molar-refractivity contribution in [3.05, 3.63) is 82.2 Å². The Morgan fingerprint density at radius 1 is 1.03 bits per heavy atom. The van der Waals surface area contributed by atoms with Crippen LogP contribution >= 0.6 is 0 Å². The van der Waals surface area contributed by atoms with E-state index in [1.807, 2.05) is 44.2 Å². The van der Waals surface area contributed by atoms with Crippen molar-refractivity contribution in [1.82, 2.24) is 5.32 Å². The number of hydrogen-bond donors (Lipinski definition) is 1. The summed E-state index contributed by atoms with van der Waals surface area (Å²) in [7, 11) is 3.15. The van der Waals surface area contributed by atoms with E-state index in [9.17, 15) is 9.59 Å². The maximum atomic E-state index is 13.7. The summed E-state index contributed by atoms with van der Waals surface area (Å²) in [5, 5.41) is 3.38. The van der Waals surface area contributed by atoms with Crippen molar-refractivity contribution < 1.29 is 28.5 Å². The predicted molar refractivity (Wildman–Crippen MR) is 136 cm³/mol. The number of carbonyl (C=O) groups is 2. The average Bonchev–Trinajstić information content (AvgIpc) is 2.90. The van der Waals surface area contributed by atoms with E-state index in [-0.39, 0.29) is 18.3 Å². The van der Waals surface area contributed by atoms with Crippen LogP contribution in [0.25, 0.3) is 0 Å². The summed E-state index contributed by atoms with van der Waals surface area (Å²) in [6.07, 6.45) is 1.04. The topological polar surface area (TPSA) is 83.1 Å². The monoisotopic (exact) mass is 491 g/mol. The molecule has 0 saturated heterocycles. The van der Waals surface area contributed by atoms with Crippen LogP contribution in [0.1, 0.15) is 49.7 Å². The molecule has 1 heterocycles. The van der Waals surface area contributed by atoms with E-state index in [0.717, 1.165) is 16.8 Å². The number of dihydropyridines is 1. The molecule has 0 fully saturated rings. The zero-order valence-electron chi connectivity index (χ0n) is 21.3. The predicted octanol–water partition coefficient (Wildman–Crippen LogP) is 4.65. The quantitative estimate of drug-likeness (QED) is 0.404. The van der Waals surface area contributed by atoms with Crippen LogP contribution in [0.5, 0.6) is 11.5 Å². The standard InChI is InChI=1S/C29H33NO6/c1-5-35-13-14-36-29(32)26-18(2)30-23-15-20(19-9-7-6-8-10-19)16-24(31)28(23)27(26)22-12-11-21(33-3)17-25(22)34-4/h6-12,17,20,27,30H,5,13-16H2,1-4H3. The minimum absolute atomic E-state index is 0.00703. The number of hydrogen-bond acceptors (Lipinski definition) is 7. The lowest BCUT2D eigenvalue weighted by atomic mass is 9.71. The number of carbonyl (C=O) groups excluding carboxylic acids is 2. The third-order valence-corrected chi connectivity index (χ3v) is 6.74. The number of rotatable bonds is 9. The number of ketones is 1. The maximum Gasteiger partial charge on any atom is 0.336 e. The molecule has 190 valence electrons. The summed E-state index contributed by atoms with van der Waals surface area (Å²) in [6.45, 7) is 4.72. The Morgan fingerprint density at radius 3 is 2.50 bits per heavy atom. The van der Waals surface area contributed by atoms with E-state index in [1.165, 1.54) is 0 Å². The van der Waals surface area contributed by atoms with Gasteiger partial charge >= 0.3 is 5.97 Å². The summed E-state index contributed by atoms with van der Waals surface area (Å²) in [4.78, 5) is 27.1. The average molecular weight is 492 g/mol. The number of esters is 1. The van der Waals surface area contributed by atoms with Crippen molar-refractivity contribution >= 4 is 11.8 Å². The minimum atomic E-state index is -0.620. The van der Waals surface area contributed by atoms with Crippen molar-refractivity contribution in [2.24, 2.45) is 0 Å². The Bertz CT molecular complexity index is 1180. The lowest BCUT2D eigenvalue weighted by Crippen LogP contribution is -2.36. The van der Waals surface area contributed by atoms with Gasteiger partial charge in [0.15, 0.2) is 5.78 Å². The first-order valence-corrected chi connectivity index (χ1v) is 12.2. The number of nitrogens with one attached hydrogen (secondary N) is 1. The maximum absolute atomic E-state index is 13.7. The van der Waals surface area contributed by atoms with Gasteiger partial charge in [-0.15, -0.1) is 0 Å². The largest absolute Gasteiger partial charge is 0.497 e. The molecular weight excluding hydrogens is 458 g/mol. The van der Waals surface area contributed by atoms with Crippen LogP contribution in [-0.2, 0) is 19.1 Å². The Balaban J connectivity index is 1.78. The number of Topliss-reactive ketones (excluding diaryl/α,β-unsaturated/α-hetero) is 1. The van der Waals surface area contributed by atoms with Gasteiger partial charge in [0.1, 0.15) is 18.1 Å². The molecule has 2 aromatic rings. The number of benzene rings is 2. The highest BCUT2D eigenvalue weighted by Gasteiger charge is 2.42. The molecule has 0 aromatic heterocycles. The second kappa shape index (κ2) is 11.4. The molecule has 0 amide bonds. The third-order valence-electron chi connectivity index (χ3n) is 6.74. The fourth-order valence-corrected chi connectivity index (χ4v) is 5.05. The molecule has 2 aliphatic rings. The van der Waals surface area contributed by atoms with Crippen LogP contribution in [0.4, 0.5) is 0 Å². The second-order valence-corrected chi connectivity index (χ2v) is 8.87. The molecule has 2 atom stereocenters. The number of methoxy groups -OCH3 is 2. The Kier molecular flexibility index (Phi) is 8.10. The van der Waals surface area contributed by atoms with Crippen molar-refractivity contribution in [2.75, 3.05) is 34.0 Å². The fraction of sp³-hybridized carbons (Fsp3) is 0.379. The van der Waals surface area contributed by atoms with Gasteiger partial charge < -0.3 is 24.3 Å². The van der Waals surface area contributed by atoms with Crippen LogP contribution in [-0.4, -0.2) is 45.8 Å². The Labute approximate surface area is 212 Å². The zero-order valence-corrected chi connectivity index (χ0v) is 21.3. The summed E-state index contributed by atoms with van der Waals surface area (Å²) < 4.78 is 22.0. The van der Waals surface area contributed by atoms with E-state index < -0.39 is 11.9 Å². The van der Waals surface area contributed by atoms with Gasteiger partial charge in [-0.1, -0.05) is 36.4 Å². The van der Waals surface area contributed by atoms with E-state index in [0.29, 0.717) is 54.4 Å². The number of ether oxygens (including phenoxy) is 4. The van der Waals surface area contributed by atoms with Crippen molar-refractivity contribution in [3.63, 3.8) is 0 Å². The normalized spacial score (nSPS) is 19.5. The molecule has 0 radical (unpaired) electrons. The molecule has 0 saturated carbocycles. The second-order valence-electron chi connectivity index (χ2n) is 8.87. The SMILES string of the molecule is CCOCCOC(=O)C1=C(C)NC2=C(C(=O)CC(c3ccccc3)C2)C1c1ccc(OC)cc1OC. The molecule has 2 aromatic carbocycles. The van der Waals surface area contributed by atoms with Gasteiger partial charge in [-0.2, -0.15) is 0 Å². The van der Waals surface area contributed by atoms with E-state index in [1.54, 1.807) is 20.3 Å². The minimum Gasteiger partial charge on any atom is -0.497 e. The highest BCUT2D eigenvalue weighted by atomic mass is 16.6. The first-order valence-electron chi connectivity index (χ1n) is 12.2. The Hall–Kier alpha value is -3.58. The molecule has 1 aliphatic carbocycles. The van der Waals surface area contributed by atoms with Gasteiger partial charge in [-0.25, -0.2) is 4.79 Å². The first-order chi connectivity index (χ1) is 17.5. The molecule has 7 heteroatoms. The van der Waals surface area contributed by atoms with Gasteiger partial charge in [-0.3, -0.25) is 4.79 Å².